The highest BCUT2D eigenvalue weighted by atomic mass is 79.9. The molecule has 1 aromatic heterocycles. The summed E-state index contributed by atoms with van der Waals surface area (Å²) in [6.45, 7) is 4.23. The number of piperidine rings is 1. The molecule has 1 saturated heterocycles. The van der Waals surface area contributed by atoms with E-state index in [1.807, 2.05) is 0 Å². The molecule has 3 rings (SSSR count). The Hall–Kier alpha value is -1.47. The van der Waals surface area contributed by atoms with E-state index in [-0.39, 0.29) is 0 Å². The quantitative estimate of drug-likeness (QED) is 0.853. The second-order valence-corrected chi connectivity index (χ2v) is 7.40. The molecule has 0 atom stereocenters. The number of rotatable bonds is 3. The molecule has 0 unspecified atom stereocenters. The van der Waals surface area contributed by atoms with E-state index < -0.39 is 0 Å². The van der Waals surface area contributed by atoms with Crippen LogP contribution < -0.4 is 5.73 Å². The number of methoxy groups -OCH3 is 1. The zero-order valence-electron chi connectivity index (χ0n) is 14.5. The maximum absolute atomic E-state index is 6.03. The number of anilines is 1. The highest BCUT2D eigenvalue weighted by Gasteiger charge is 2.26. The zero-order valence-corrected chi connectivity index (χ0v) is 16.1. The first-order valence-electron chi connectivity index (χ1n) is 8.32. The molecule has 2 N–H and O–H groups in total. The number of allylic oxidation sites excluding steroid dienone is 1. The first-order valence-corrected chi connectivity index (χ1v) is 9.12. The molecule has 1 aromatic rings. The summed E-state index contributed by atoms with van der Waals surface area (Å²) >= 11 is 3.51. The Labute approximate surface area is 151 Å². The molecule has 2 aliphatic rings. The van der Waals surface area contributed by atoms with Gasteiger partial charge in [-0.05, 0) is 61.4 Å². The molecular weight excluding hydrogens is 370 g/mol. The summed E-state index contributed by atoms with van der Waals surface area (Å²) in [5, 5.41) is 0. The van der Waals surface area contributed by atoms with Crippen LogP contribution in [0.3, 0.4) is 0 Å². The minimum Gasteiger partial charge on any atom is -0.499 e. The van der Waals surface area contributed by atoms with Crippen LogP contribution in [-0.2, 0) is 4.74 Å². The van der Waals surface area contributed by atoms with Crippen molar-refractivity contribution in [1.82, 2.24) is 14.9 Å². The third-order valence-corrected chi connectivity index (χ3v) is 5.41. The van der Waals surface area contributed by atoms with Gasteiger partial charge in [0.15, 0.2) is 0 Å². The molecule has 0 radical (unpaired) electrons. The molecule has 6 nitrogen and oxygen atoms in total. The number of hydrogen-bond acceptors (Lipinski definition) is 6. The van der Waals surface area contributed by atoms with Gasteiger partial charge in [0.25, 0.3) is 0 Å². The van der Waals surface area contributed by atoms with Gasteiger partial charge in [0.05, 0.1) is 17.4 Å². The van der Waals surface area contributed by atoms with Crippen LogP contribution in [0.2, 0.25) is 0 Å². The third kappa shape index (κ3) is 3.47. The van der Waals surface area contributed by atoms with Crippen LogP contribution >= 0.6 is 15.9 Å². The normalized spacial score (nSPS) is 20.2. The molecule has 0 amide bonds. The van der Waals surface area contributed by atoms with E-state index in [1.54, 1.807) is 7.11 Å². The van der Waals surface area contributed by atoms with Gasteiger partial charge >= 0.3 is 0 Å². The van der Waals surface area contributed by atoms with Gasteiger partial charge in [-0.15, -0.1) is 0 Å². The highest BCUT2D eigenvalue weighted by Crippen LogP contribution is 2.35. The fourth-order valence-electron chi connectivity index (χ4n) is 3.42. The number of aliphatic imine (C=N–C) groups is 1. The summed E-state index contributed by atoms with van der Waals surface area (Å²) < 4.78 is 6.46. The Morgan fingerprint density at radius 1 is 1.21 bits per heavy atom. The van der Waals surface area contributed by atoms with Crippen LogP contribution in [0.25, 0.3) is 5.70 Å². The van der Waals surface area contributed by atoms with Crippen molar-refractivity contribution in [3.63, 3.8) is 0 Å². The number of ether oxygens (including phenoxy) is 1. The van der Waals surface area contributed by atoms with E-state index in [0.29, 0.717) is 11.9 Å². The number of likely N-dealkylation sites (tertiary alicyclic amines) is 1. The predicted octanol–water partition coefficient (Wildman–Crippen LogP) is 3.08. The average molecular weight is 394 g/mol. The van der Waals surface area contributed by atoms with Gasteiger partial charge in [-0.2, -0.15) is 0 Å². The Morgan fingerprint density at radius 3 is 2.58 bits per heavy atom. The number of nitrogens with two attached hydrogens (primary N) is 1. The van der Waals surface area contributed by atoms with Gasteiger partial charge in [-0.25, -0.2) is 15.0 Å². The van der Waals surface area contributed by atoms with E-state index in [4.69, 9.17) is 10.5 Å². The second kappa shape index (κ2) is 7.19. The minimum absolute atomic E-state index is 0.310. The van der Waals surface area contributed by atoms with Crippen molar-refractivity contribution >= 4 is 32.2 Å². The molecule has 0 saturated carbocycles. The van der Waals surface area contributed by atoms with Crippen molar-refractivity contribution < 1.29 is 4.74 Å². The smallest absolute Gasteiger partial charge is 0.220 e. The molecule has 0 aliphatic carbocycles. The van der Waals surface area contributed by atoms with Gasteiger partial charge in [0, 0.05) is 18.8 Å². The second-order valence-electron chi connectivity index (χ2n) is 6.48. The minimum atomic E-state index is 0.310. The van der Waals surface area contributed by atoms with E-state index in [1.165, 1.54) is 0 Å². The predicted molar refractivity (Wildman–Crippen MR) is 100 cm³/mol. The summed E-state index contributed by atoms with van der Waals surface area (Å²) in [6, 6.07) is 0. The first kappa shape index (κ1) is 17.4. The lowest BCUT2D eigenvalue weighted by atomic mass is 9.90. The average Bonchev–Trinajstić information content (AvgIpc) is 2.57. The number of hydrogen-bond donors (Lipinski definition) is 1. The van der Waals surface area contributed by atoms with Gasteiger partial charge in [0.1, 0.15) is 17.2 Å². The van der Waals surface area contributed by atoms with E-state index in [0.717, 1.165) is 71.8 Å². The monoisotopic (exact) mass is 393 g/mol. The lowest BCUT2D eigenvalue weighted by Crippen LogP contribution is -2.30. The van der Waals surface area contributed by atoms with E-state index >= 15 is 0 Å². The standard InChI is InChI=1S/C17H24BrN5O/c1-10-14(11-6-8-23(2)9-7-11)21-17(19)22-15(10)16-12(24-3)4-5-13(18)20-16/h11H,4-9H2,1-3H3,(H2,19,21,22). The van der Waals surface area contributed by atoms with Gasteiger partial charge < -0.3 is 15.4 Å². The van der Waals surface area contributed by atoms with Gasteiger partial charge in [0.2, 0.25) is 5.95 Å². The van der Waals surface area contributed by atoms with Crippen LogP contribution in [0.1, 0.15) is 48.6 Å². The lowest BCUT2D eigenvalue weighted by molar-refractivity contribution is 0.253. The number of halogens is 1. The van der Waals surface area contributed by atoms with Crippen molar-refractivity contribution in [2.45, 2.75) is 38.5 Å². The van der Waals surface area contributed by atoms with Crippen LogP contribution in [0.15, 0.2) is 10.8 Å². The third-order valence-electron chi connectivity index (χ3n) is 4.83. The summed E-state index contributed by atoms with van der Waals surface area (Å²) in [5.74, 6) is 1.59. The molecule has 3 heterocycles. The fourth-order valence-corrected chi connectivity index (χ4v) is 3.80. The molecular formula is C17H24BrN5O. The number of nitrogens with zero attached hydrogens (tertiary/aromatic N) is 4. The molecule has 24 heavy (non-hydrogen) atoms. The van der Waals surface area contributed by atoms with Crippen molar-refractivity contribution in [3.05, 3.63) is 22.7 Å². The summed E-state index contributed by atoms with van der Waals surface area (Å²) in [6.07, 6.45) is 3.84. The van der Waals surface area contributed by atoms with Crippen LogP contribution in [-0.4, -0.2) is 46.7 Å². The van der Waals surface area contributed by atoms with Gasteiger partial charge in [-0.1, -0.05) is 0 Å². The summed E-state index contributed by atoms with van der Waals surface area (Å²) in [7, 11) is 3.84. The Balaban J connectivity index is 2.05. The summed E-state index contributed by atoms with van der Waals surface area (Å²) in [5.41, 5.74) is 9.73. The van der Waals surface area contributed by atoms with Crippen molar-refractivity contribution in [3.8, 4) is 0 Å². The maximum Gasteiger partial charge on any atom is 0.220 e. The fraction of sp³-hybridized carbons (Fsp3) is 0.588. The number of aromatic nitrogens is 2. The molecule has 0 aromatic carbocycles. The van der Waals surface area contributed by atoms with Crippen molar-refractivity contribution in [2.24, 2.45) is 4.99 Å². The zero-order chi connectivity index (χ0) is 17.3. The van der Waals surface area contributed by atoms with Crippen LogP contribution in [0.5, 0.6) is 0 Å². The SMILES string of the molecule is COC1=C(c2nc(N)nc(C3CCN(C)CC3)c2C)N=C(Br)CC1. The topological polar surface area (TPSA) is 76.6 Å². The van der Waals surface area contributed by atoms with Crippen molar-refractivity contribution in [2.75, 3.05) is 33.0 Å². The van der Waals surface area contributed by atoms with Crippen molar-refractivity contribution in [1.29, 1.82) is 0 Å². The maximum atomic E-state index is 6.03. The molecule has 0 spiro atoms. The van der Waals surface area contributed by atoms with Gasteiger partial charge in [-0.3, -0.25) is 0 Å². The van der Waals surface area contributed by atoms with E-state index in [9.17, 15) is 0 Å². The molecule has 1 fully saturated rings. The van der Waals surface area contributed by atoms with E-state index in [2.05, 4.69) is 49.8 Å². The van der Waals surface area contributed by atoms with Crippen LogP contribution in [0.4, 0.5) is 5.95 Å². The Kier molecular flexibility index (Phi) is 5.20. The Bertz CT molecular complexity index is 692. The largest absolute Gasteiger partial charge is 0.499 e. The molecule has 130 valence electrons. The molecule has 7 heteroatoms. The highest BCUT2D eigenvalue weighted by molar-refractivity contribution is 9.18. The Morgan fingerprint density at radius 2 is 1.92 bits per heavy atom. The first-order chi connectivity index (χ1) is 11.5. The molecule has 2 aliphatic heterocycles. The lowest BCUT2D eigenvalue weighted by Gasteiger charge is -2.30. The summed E-state index contributed by atoms with van der Waals surface area (Å²) in [4.78, 5) is 16.1. The molecule has 0 bridgehead atoms. The number of nitrogen functional groups attached to an aromatic ring is 1. The van der Waals surface area contributed by atoms with Crippen LogP contribution in [0, 0.1) is 6.92 Å².